The van der Waals surface area contributed by atoms with Gasteiger partial charge in [-0.15, -0.1) is 0 Å². The second-order valence-corrected chi connectivity index (χ2v) is 7.14. The van der Waals surface area contributed by atoms with Crippen LogP contribution in [0.25, 0.3) is 0 Å². The standard InChI is InChI=1S/C17H10Br2F6O3/c18-13-5-11(16(20,21)22)3-1-9(13)7-27-15(26)28-8-10-2-4-12(6-14(10)19)17(23,24)25/h1-6H,7-8H2. The Morgan fingerprint density at radius 2 is 1.11 bits per heavy atom. The third kappa shape index (κ3) is 6.13. The number of ether oxygens (including phenoxy) is 2. The quantitative estimate of drug-likeness (QED) is 0.309. The zero-order valence-electron chi connectivity index (χ0n) is 13.6. The SMILES string of the molecule is O=C(OCc1ccc(C(F)(F)F)cc1Br)OCc1ccc(C(F)(F)F)cc1Br. The number of rotatable bonds is 4. The highest BCUT2D eigenvalue weighted by Crippen LogP contribution is 2.33. The minimum Gasteiger partial charge on any atom is -0.429 e. The van der Waals surface area contributed by atoms with Crippen molar-refractivity contribution >= 4 is 38.0 Å². The summed E-state index contributed by atoms with van der Waals surface area (Å²) in [5.74, 6) is 0. The molecule has 3 nitrogen and oxygen atoms in total. The Morgan fingerprint density at radius 1 is 0.750 bits per heavy atom. The fourth-order valence-electron chi connectivity index (χ4n) is 2.00. The smallest absolute Gasteiger partial charge is 0.429 e. The van der Waals surface area contributed by atoms with Gasteiger partial charge in [-0.25, -0.2) is 4.79 Å². The first-order valence-electron chi connectivity index (χ1n) is 7.38. The van der Waals surface area contributed by atoms with Crippen LogP contribution in [0.2, 0.25) is 0 Å². The molecule has 0 aromatic heterocycles. The van der Waals surface area contributed by atoms with Crippen molar-refractivity contribution < 1.29 is 40.6 Å². The van der Waals surface area contributed by atoms with E-state index in [1.54, 1.807) is 0 Å². The Kier molecular flexibility index (Phi) is 7.02. The molecule has 0 aliphatic heterocycles. The van der Waals surface area contributed by atoms with Crippen molar-refractivity contribution in [3.63, 3.8) is 0 Å². The van der Waals surface area contributed by atoms with E-state index in [4.69, 9.17) is 9.47 Å². The number of hydrogen-bond acceptors (Lipinski definition) is 3. The summed E-state index contributed by atoms with van der Waals surface area (Å²) >= 11 is 5.93. The first kappa shape index (κ1) is 22.5. The van der Waals surface area contributed by atoms with Crippen molar-refractivity contribution in [1.29, 1.82) is 0 Å². The van der Waals surface area contributed by atoms with Gasteiger partial charge in [0.05, 0.1) is 11.1 Å². The van der Waals surface area contributed by atoms with Crippen molar-refractivity contribution in [2.24, 2.45) is 0 Å². The molecule has 0 saturated heterocycles. The van der Waals surface area contributed by atoms with Gasteiger partial charge in [-0.1, -0.05) is 44.0 Å². The van der Waals surface area contributed by atoms with Crippen LogP contribution in [0.15, 0.2) is 45.3 Å². The fourth-order valence-corrected chi connectivity index (χ4v) is 2.98. The molecule has 2 rings (SSSR count). The van der Waals surface area contributed by atoms with Crippen LogP contribution in [0.4, 0.5) is 31.1 Å². The molecule has 11 heteroatoms. The lowest BCUT2D eigenvalue weighted by atomic mass is 10.1. The van der Waals surface area contributed by atoms with Gasteiger partial charge in [0.1, 0.15) is 13.2 Å². The molecule has 152 valence electrons. The average Bonchev–Trinajstić information content (AvgIpc) is 2.57. The van der Waals surface area contributed by atoms with Crippen LogP contribution in [-0.2, 0) is 35.0 Å². The molecule has 0 unspecified atom stereocenters. The number of halogens is 8. The highest BCUT2D eigenvalue weighted by atomic mass is 79.9. The topological polar surface area (TPSA) is 35.5 Å². The maximum atomic E-state index is 12.6. The Balaban J connectivity index is 1.92. The first-order chi connectivity index (χ1) is 12.9. The molecule has 0 aliphatic carbocycles. The maximum absolute atomic E-state index is 12.6. The summed E-state index contributed by atoms with van der Waals surface area (Å²) in [6.07, 6.45) is -10.1. The van der Waals surface area contributed by atoms with Crippen LogP contribution in [0, 0.1) is 0 Å². The lowest BCUT2D eigenvalue weighted by molar-refractivity contribution is -0.138. The van der Waals surface area contributed by atoms with Gasteiger partial charge in [0.2, 0.25) is 0 Å². The molecule has 0 N–H and O–H groups in total. The molecule has 0 atom stereocenters. The van der Waals surface area contributed by atoms with Gasteiger partial charge < -0.3 is 9.47 Å². The lowest BCUT2D eigenvalue weighted by Gasteiger charge is -2.12. The molecule has 28 heavy (non-hydrogen) atoms. The Bertz CT molecular complexity index is 795. The molecule has 0 fully saturated rings. The van der Waals surface area contributed by atoms with Gasteiger partial charge >= 0.3 is 18.5 Å². The molecule has 0 spiro atoms. The summed E-state index contributed by atoms with van der Waals surface area (Å²) in [5.41, 5.74) is -1.17. The Labute approximate surface area is 171 Å². The number of benzene rings is 2. The van der Waals surface area contributed by atoms with Crippen molar-refractivity contribution in [3.05, 3.63) is 67.6 Å². The molecule has 0 heterocycles. The minimum absolute atomic E-state index is 0.0978. The van der Waals surface area contributed by atoms with Crippen molar-refractivity contribution in [2.75, 3.05) is 0 Å². The van der Waals surface area contributed by atoms with Gasteiger partial charge in [0, 0.05) is 20.1 Å². The van der Waals surface area contributed by atoms with Crippen LogP contribution >= 0.6 is 31.9 Å². The van der Waals surface area contributed by atoms with Crippen LogP contribution in [0.1, 0.15) is 22.3 Å². The summed E-state index contributed by atoms with van der Waals surface area (Å²) in [4.78, 5) is 11.6. The van der Waals surface area contributed by atoms with Gasteiger partial charge in [-0.2, -0.15) is 26.3 Å². The van der Waals surface area contributed by atoms with E-state index < -0.39 is 29.6 Å². The third-order valence-corrected chi connectivity index (χ3v) is 4.93. The van der Waals surface area contributed by atoms with E-state index in [0.29, 0.717) is 0 Å². The molecule has 0 aliphatic rings. The number of hydrogen-bond donors (Lipinski definition) is 0. The van der Waals surface area contributed by atoms with E-state index in [0.717, 1.165) is 36.4 Å². The fraction of sp³-hybridized carbons (Fsp3) is 0.235. The number of carbonyl (C=O) groups is 1. The number of carbonyl (C=O) groups excluding carboxylic acids is 1. The van der Waals surface area contributed by atoms with Gasteiger partial charge in [0.25, 0.3) is 0 Å². The maximum Gasteiger partial charge on any atom is 0.508 e. The molecule has 2 aromatic rings. The third-order valence-electron chi connectivity index (χ3n) is 3.45. The highest BCUT2D eigenvalue weighted by molar-refractivity contribution is 9.10. The summed E-state index contributed by atoms with van der Waals surface area (Å²) in [6.45, 7) is -0.711. The second-order valence-electron chi connectivity index (χ2n) is 5.44. The predicted molar refractivity (Wildman–Crippen MR) is 93.3 cm³/mol. The summed E-state index contributed by atoms with van der Waals surface area (Å²) in [6, 6.07) is 5.67. The largest absolute Gasteiger partial charge is 0.508 e. The molecular formula is C17H10Br2F6O3. The van der Waals surface area contributed by atoms with Crippen LogP contribution in [0.5, 0.6) is 0 Å². The van der Waals surface area contributed by atoms with Gasteiger partial charge in [-0.05, 0) is 24.3 Å². The zero-order chi connectivity index (χ0) is 21.1. The molecule has 0 saturated carbocycles. The molecule has 0 bridgehead atoms. The second kappa shape index (κ2) is 8.73. The predicted octanol–water partition coefficient (Wildman–Crippen LogP) is 7.10. The van der Waals surface area contributed by atoms with Crippen molar-refractivity contribution in [3.8, 4) is 0 Å². The van der Waals surface area contributed by atoms with Crippen LogP contribution in [-0.4, -0.2) is 6.16 Å². The zero-order valence-corrected chi connectivity index (χ0v) is 16.8. The van der Waals surface area contributed by atoms with Crippen LogP contribution < -0.4 is 0 Å². The van der Waals surface area contributed by atoms with E-state index >= 15 is 0 Å². The van der Waals surface area contributed by atoms with E-state index in [-0.39, 0.29) is 33.3 Å². The highest BCUT2D eigenvalue weighted by Gasteiger charge is 2.31. The van der Waals surface area contributed by atoms with Crippen LogP contribution in [0.3, 0.4) is 0 Å². The van der Waals surface area contributed by atoms with Gasteiger partial charge in [-0.3, -0.25) is 0 Å². The Hall–Kier alpha value is -1.75. The normalized spacial score (nSPS) is 12.0. The molecule has 0 radical (unpaired) electrons. The summed E-state index contributed by atoms with van der Waals surface area (Å²) in [5, 5.41) is 0. The monoisotopic (exact) mass is 534 g/mol. The van der Waals surface area contributed by atoms with Crippen molar-refractivity contribution in [2.45, 2.75) is 25.6 Å². The molecule has 2 aromatic carbocycles. The first-order valence-corrected chi connectivity index (χ1v) is 8.97. The number of alkyl halides is 6. The van der Waals surface area contributed by atoms with E-state index in [1.807, 2.05) is 0 Å². The molecule has 0 amide bonds. The average molecular weight is 536 g/mol. The van der Waals surface area contributed by atoms with E-state index in [2.05, 4.69) is 31.9 Å². The van der Waals surface area contributed by atoms with Crippen molar-refractivity contribution in [1.82, 2.24) is 0 Å². The van der Waals surface area contributed by atoms with E-state index in [1.165, 1.54) is 0 Å². The summed E-state index contributed by atoms with van der Waals surface area (Å²) < 4.78 is 85.4. The lowest BCUT2D eigenvalue weighted by Crippen LogP contribution is -2.10. The van der Waals surface area contributed by atoms with E-state index in [9.17, 15) is 31.1 Å². The summed E-state index contributed by atoms with van der Waals surface area (Å²) in [7, 11) is 0. The molecular weight excluding hydrogens is 526 g/mol. The minimum atomic E-state index is -4.50. The Morgan fingerprint density at radius 3 is 1.39 bits per heavy atom. The van der Waals surface area contributed by atoms with Gasteiger partial charge in [0.15, 0.2) is 0 Å².